The van der Waals surface area contributed by atoms with Gasteiger partial charge in [0.05, 0.1) is 18.4 Å². The highest BCUT2D eigenvalue weighted by Crippen LogP contribution is 2.15. The normalized spacial score (nSPS) is 23.8. The second kappa shape index (κ2) is 3.83. The molecule has 3 radical (unpaired) electrons. The summed E-state index contributed by atoms with van der Waals surface area (Å²) in [7, 11) is 0. The number of allylic oxidation sites excluding steroid dienone is 3. The van der Waals surface area contributed by atoms with E-state index >= 15 is 0 Å². The molecule has 1 aliphatic carbocycles. The molecule has 0 nitrogen and oxygen atoms in total. The second-order valence-corrected chi connectivity index (χ2v) is 1.71. The molecule has 0 aliphatic heterocycles. The Kier molecular flexibility index (Phi) is 3.78. The summed E-state index contributed by atoms with van der Waals surface area (Å²) >= 11 is 0. The van der Waals surface area contributed by atoms with E-state index in [2.05, 4.69) is 12.5 Å². The molecule has 1 heteroatoms. The lowest BCUT2D eigenvalue weighted by Crippen LogP contribution is -1.80. The van der Waals surface area contributed by atoms with E-state index in [9.17, 15) is 0 Å². The van der Waals surface area contributed by atoms with Crippen molar-refractivity contribution >= 4 is 17.4 Å². The highest BCUT2D eigenvalue weighted by Gasteiger charge is 2.08. The Balaban J connectivity index is 0. The van der Waals surface area contributed by atoms with Crippen LogP contribution >= 0.6 is 0 Å². The first-order valence-electron chi connectivity index (χ1n) is 2.48. The van der Waals surface area contributed by atoms with Crippen LogP contribution in [0, 0.1) is 18.9 Å². The van der Waals surface area contributed by atoms with Crippen molar-refractivity contribution in [2.24, 2.45) is 5.92 Å². The minimum atomic E-state index is 0. The van der Waals surface area contributed by atoms with Gasteiger partial charge in [-0.25, -0.2) is 6.08 Å². The first kappa shape index (κ1) is 7.88. The number of hydrogen-bond donors (Lipinski definition) is 0. The average molecular weight is 121 g/mol. The van der Waals surface area contributed by atoms with Gasteiger partial charge >= 0.3 is 0 Å². The van der Waals surface area contributed by atoms with Gasteiger partial charge in [-0.15, -0.1) is 0 Å². The van der Waals surface area contributed by atoms with Gasteiger partial charge in [0.25, 0.3) is 0 Å². The summed E-state index contributed by atoms with van der Waals surface area (Å²) in [6, 6.07) is 0. The van der Waals surface area contributed by atoms with E-state index in [1.54, 1.807) is 6.08 Å². The van der Waals surface area contributed by atoms with Gasteiger partial charge in [-0.1, -0.05) is 0 Å². The Hall–Kier alpha value is -0.118. The molecule has 41 valence electrons. The van der Waals surface area contributed by atoms with Gasteiger partial charge in [0.15, 0.2) is 0 Å². The van der Waals surface area contributed by atoms with E-state index in [-0.39, 0.29) is 18.8 Å². The van der Waals surface area contributed by atoms with E-state index in [0.29, 0.717) is 5.92 Å². The molecule has 0 spiro atoms. The molecule has 1 aliphatic rings. The molecule has 8 heavy (non-hydrogen) atoms. The highest BCUT2D eigenvalue weighted by molar-refractivity contribution is 5.75. The minimum absolute atomic E-state index is 0. The monoisotopic (exact) mass is 121 g/mol. The largest absolute Gasteiger partial charge is 0.515 e. The predicted molar refractivity (Wildman–Crippen MR) is 38.3 cm³/mol. The summed E-state index contributed by atoms with van der Waals surface area (Å²) in [6.45, 7) is 5.24. The zero-order chi connectivity index (χ0) is 5.11. The molecular formula is C7H10Al. The molecule has 0 saturated carbocycles. The molecule has 0 saturated heterocycles. The lowest BCUT2D eigenvalue weighted by molar-refractivity contribution is 0.845. The Morgan fingerprint density at radius 3 is 2.88 bits per heavy atom. The predicted octanol–water partition coefficient (Wildman–Crippen LogP) is 1.62. The molecule has 0 heterocycles. The zero-order valence-electron chi connectivity index (χ0n) is 4.75. The third-order valence-electron chi connectivity index (χ3n) is 1.15. The van der Waals surface area contributed by atoms with E-state index in [1.165, 1.54) is 0 Å². The molecule has 1 atom stereocenters. The fourth-order valence-electron chi connectivity index (χ4n) is 0.678. The smallest absolute Gasteiger partial charge is 0.0900 e. The van der Waals surface area contributed by atoms with Gasteiger partial charge in [-0.05, 0) is 0 Å². The van der Waals surface area contributed by atoms with Crippen LogP contribution in [0.5, 0.6) is 0 Å². The van der Waals surface area contributed by atoms with Gasteiger partial charge in [-0.3, -0.25) is 0 Å². The zero-order valence-corrected chi connectivity index (χ0v) is 5.90. The Bertz CT molecular complexity index is 99.1. The third-order valence-corrected chi connectivity index (χ3v) is 1.15. The van der Waals surface area contributed by atoms with Crippen molar-refractivity contribution in [2.75, 3.05) is 0 Å². The van der Waals surface area contributed by atoms with Crippen LogP contribution < -0.4 is 0 Å². The molecule has 0 aromatic carbocycles. The Morgan fingerprint density at radius 1 is 1.88 bits per heavy atom. The van der Waals surface area contributed by atoms with Crippen LogP contribution in [0.2, 0.25) is 0 Å². The minimum Gasteiger partial charge on any atom is -0.515 e. The van der Waals surface area contributed by atoms with Crippen LogP contribution in [0.4, 0.5) is 0 Å². The van der Waals surface area contributed by atoms with Crippen molar-refractivity contribution in [3.63, 3.8) is 0 Å². The van der Waals surface area contributed by atoms with Gasteiger partial charge < -0.3 is 6.58 Å². The van der Waals surface area contributed by atoms with E-state index < -0.39 is 0 Å². The summed E-state index contributed by atoms with van der Waals surface area (Å²) in [6.07, 6.45) is 9.08. The van der Waals surface area contributed by atoms with Crippen LogP contribution in [-0.4, -0.2) is 17.4 Å². The fourth-order valence-corrected chi connectivity index (χ4v) is 0.678. The van der Waals surface area contributed by atoms with Gasteiger partial charge in [0.1, 0.15) is 0 Å². The SMILES string of the molecule is [Al].[CH-]=C[C@H]1C=C[CH+]C1.[HH]. The van der Waals surface area contributed by atoms with E-state index in [1.807, 2.05) is 6.08 Å². The third kappa shape index (κ3) is 1.78. The van der Waals surface area contributed by atoms with Gasteiger partial charge in [0.2, 0.25) is 0 Å². The molecule has 0 N–H and O–H groups in total. The van der Waals surface area contributed by atoms with Crippen LogP contribution in [0.3, 0.4) is 0 Å². The Morgan fingerprint density at radius 2 is 2.62 bits per heavy atom. The lowest BCUT2D eigenvalue weighted by Gasteiger charge is -1.91. The molecule has 0 bridgehead atoms. The van der Waals surface area contributed by atoms with Gasteiger partial charge in [0, 0.05) is 31.3 Å². The maximum atomic E-state index is 5.24. The molecular weight excluding hydrogens is 111 g/mol. The molecule has 1 rings (SSSR count). The van der Waals surface area contributed by atoms with Crippen LogP contribution in [0.25, 0.3) is 0 Å². The maximum Gasteiger partial charge on any atom is 0.0900 e. The lowest BCUT2D eigenvalue weighted by atomic mass is 10.1. The number of hydrogen-bond acceptors (Lipinski definition) is 0. The topological polar surface area (TPSA) is 0 Å². The highest BCUT2D eigenvalue weighted by atomic mass is 27.0. The van der Waals surface area contributed by atoms with Crippen molar-refractivity contribution in [1.82, 2.24) is 0 Å². The Labute approximate surface area is 62.9 Å². The fraction of sp³-hybridized carbons (Fsp3) is 0.286. The van der Waals surface area contributed by atoms with Crippen molar-refractivity contribution in [3.05, 3.63) is 31.2 Å². The summed E-state index contributed by atoms with van der Waals surface area (Å²) in [5.41, 5.74) is 0. The standard InChI is InChI=1S/C7H8.Al.H2/c1-2-7-5-3-4-6-7;;/h1-5,7H,6H2;;1H/t7-;;/m0../s1. The summed E-state index contributed by atoms with van der Waals surface area (Å²) in [5, 5.41) is 0. The van der Waals surface area contributed by atoms with E-state index in [4.69, 9.17) is 6.58 Å². The van der Waals surface area contributed by atoms with Gasteiger partial charge in [-0.2, -0.15) is 0 Å². The first-order chi connectivity index (χ1) is 3.43. The summed E-state index contributed by atoms with van der Waals surface area (Å²) in [5.74, 6) is 0.514. The molecule has 0 fully saturated rings. The maximum absolute atomic E-state index is 5.24. The number of rotatable bonds is 1. The van der Waals surface area contributed by atoms with Crippen LogP contribution in [-0.2, 0) is 0 Å². The van der Waals surface area contributed by atoms with Crippen molar-refractivity contribution in [1.29, 1.82) is 0 Å². The average Bonchev–Trinajstić information content (AvgIpc) is 2.14. The molecule has 0 amide bonds. The van der Waals surface area contributed by atoms with Crippen molar-refractivity contribution in [2.45, 2.75) is 6.42 Å². The molecule has 0 unspecified atom stereocenters. The summed E-state index contributed by atoms with van der Waals surface area (Å²) in [4.78, 5) is 0. The van der Waals surface area contributed by atoms with Crippen molar-refractivity contribution in [3.8, 4) is 0 Å². The first-order valence-corrected chi connectivity index (χ1v) is 2.48. The van der Waals surface area contributed by atoms with Crippen LogP contribution in [0.15, 0.2) is 18.2 Å². The quantitative estimate of drug-likeness (QED) is 0.365. The van der Waals surface area contributed by atoms with Crippen LogP contribution in [0.1, 0.15) is 7.85 Å². The molecule has 0 aromatic rings. The molecule has 0 aromatic heterocycles. The summed E-state index contributed by atoms with van der Waals surface area (Å²) < 4.78 is 0. The van der Waals surface area contributed by atoms with E-state index in [0.717, 1.165) is 6.42 Å². The second-order valence-electron chi connectivity index (χ2n) is 1.71. The van der Waals surface area contributed by atoms with Crippen molar-refractivity contribution < 1.29 is 1.43 Å².